The van der Waals surface area contributed by atoms with Crippen LogP contribution in [0.15, 0.2) is 18.2 Å². The van der Waals surface area contributed by atoms with Crippen LogP contribution < -0.4 is 5.32 Å². The van der Waals surface area contributed by atoms with Crippen molar-refractivity contribution in [1.82, 2.24) is 0 Å². The van der Waals surface area contributed by atoms with Crippen molar-refractivity contribution in [2.45, 2.75) is 19.8 Å². The molecule has 1 amide bonds. The van der Waals surface area contributed by atoms with E-state index in [0.29, 0.717) is 23.0 Å². The fraction of sp³-hybridized carbons (Fsp3) is 0.400. The standard InChI is InChI=1S/C15H16ClNO2/c1-10-8-12(10)15(19)17-14-9-11(4-2-3-7-18)5-6-13(14)16/h5-6,9-10,12,18H,3,7-8H2,1H3,(H,17,19). The molecular formula is C15H16ClNO2. The van der Waals surface area contributed by atoms with Gasteiger partial charge in [-0.1, -0.05) is 30.4 Å². The Hall–Kier alpha value is -1.50. The van der Waals surface area contributed by atoms with Crippen LogP contribution in [0, 0.1) is 23.7 Å². The molecule has 19 heavy (non-hydrogen) atoms. The molecule has 0 radical (unpaired) electrons. The summed E-state index contributed by atoms with van der Waals surface area (Å²) in [5.74, 6) is 6.36. The Morgan fingerprint density at radius 3 is 2.95 bits per heavy atom. The van der Waals surface area contributed by atoms with Gasteiger partial charge in [-0.05, 0) is 30.5 Å². The lowest BCUT2D eigenvalue weighted by Crippen LogP contribution is -2.14. The highest BCUT2D eigenvalue weighted by Crippen LogP contribution is 2.39. The quantitative estimate of drug-likeness (QED) is 0.835. The maximum absolute atomic E-state index is 11.9. The zero-order valence-electron chi connectivity index (χ0n) is 10.7. The van der Waals surface area contributed by atoms with E-state index in [1.807, 2.05) is 0 Å². The van der Waals surface area contributed by atoms with Gasteiger partial charge >= 0.3 is 0 Å². The van der Waals surface area contributed by atoms with Crippen LogP contribution in [0.4, 0.5) is 5.69 Å². The van der Waals surface area contributed by atoms with Crippen molar-refractivity contribution < 1.29 is 9.90 Å². The van der Waals surface area contributed by atoms with Crippen LogP contribution in [0.2, 0.25) is 5.02 Å². The molecule has 1 aliphatic carbocycles. The van der Waals surface area contributed by atoms with Gasteiger partial charge in [-0.25, -0.2) is 0 Å². The van der Waals surface area contributed by atoms with E-state index in [9.17, 15) is 4.79 Å². The topological polar surface area (TPSA) is 49.3 Å². The molecule has 2 N–H and O–H groups in total. The van der Waals surface area contributed by atoms with Crippen molar-refractivity contribution in [3.05, 3.63) is 28.8 Å². The summed E-state index contributed by atoms with van der Waals surface area (Å²) in [5.41, 5.74) is 1.37. The van der Waals surface area contributed by atoms with Crippen molar-refractivity contribution in [1.29, 1.82) is 0 Å². The van der Waals surface area contributed by atoms with E-state index in [1.54, 1.807) is 18.2 Å². The van der Waals surface area contributed by atoms with Crippen molar-refractivity contribution >= 4 is 23.2 Å². The summed E-state index contributed by atoms with van der Waals surface area (Å²) in [6.45, 7) is 2.10. The molecule has 100 valence electrons. The summed E-state index contributed by atoms with van der Waals surface area (Å²) in [6, 6.07) is 5.27. The van der Waals surface area contributed by atoms with Gasteiger partial charge in [-0.15, -0.1) is 0 Å². The van der Waals surface area contributed by atoms with E-state index >= 15 is 0 Å². The van der Waals surface area contributed by atoms with E-state index in [1.165, 1.54) is 0 Å². The summed E-state index contributed by atoms with van der Waals surface area (Å²) in [4.78, 5) is 11.9. The van der Waals surface area contributed by atoms with Gasteiger partial charge in [0.2, 0.25) is 5.91 Å². The minimum absolute atomic E-state index is 0.0230. The summed E-state index contributed by atoms with van der Waals surface area (Å²) in [5, 5.41) is 12.0. The van der Waals surface area contributed by atoms with Crippen molar-refractivity contribution in [3.63, 3.8) is 0 Å². The molecular weight excluding hydrogens is 262 g/mol. The molecule has 2 rings (SSSR count). The fourth-order valence-electron chi connectivity index (χ4n) is 1.83. The monoisotopic (exact) mass is 277 g/mol. The third-order valence-electron chi connectivity index (χ3n) is 3.14. The molecule has 4 heteroatoms. The Morgan fingerprint density at radius 2 is 2.32 bits per heavy atom. The van der Waals surface area contributed by atoms with E-state index < -0.39 is 0 Å². The highest BCUT2D eigenvalue weighted by Gasteiger charge is 2.39. The van der Waals surface area contributed by atoms with Crippen LogP contribution in [0.3, 0.4) is 0 Å². The minimum atomic E-state index is 0.0230. The summed E-state index contributed by atoms with van der Waals surface area (Å²) in [6.07, 6.45) is 1.38. The lowest BCUT2D eigenvalue weighted by molar-refractivity contribution is -0.117. The largest absolute Gasteiger partial charge is 0.395 e. The van der Waals surface area contributed by atoms with Gasteiger partial charge in [0.1, 0.15) is 0 Å². The molecule has 2 atom stereocenters. The summed E-state index contributed by atoms with van der Waals surface area (Å²) >= 11 is 6.06. The van der Waals surface area contributed by atoms with Crippen molar-refractivity contribution in [3.8, 4) is 11.8 Å². The van der Waals surface area contributed by atoms with Crippen molar-refractivity contribution in [2.75, 3.05) is 11.9 Å². The van der Waals surface area contributed by atoms with Crippen LogP contribution in [0.5, 0.6) is 0 Å². The number of hydrogen-bond acceptors (Lipinski definition) is 2. The Kier molecular flexibility index (Phi) is 4.47. The van der Waals surface area contributed by atoms with E-state index in [4.69, 9.17) is 16.7 Å². The number of carbonyl (C=O) groups excluding carboxylic acids is 1. The molecule has 0 aliphatic heterocycles. The number of anilines is 1. The third kappa shape index (κ3) is 3.73. The lowest BCUT2D eigenvalue weighted by atomic mass is 10.2. The zero-order chi connectivity index (χ0) is 13.8. The van der Waals surface area contributed by atoms with E-state index in [-0.39, 0.29) is 18.4 Å². The van der Waals surface area contributed by atoms with Crippen molar-refractivity contribution in [2.24, 2.45) is 11.8 Å². The van der Waals surface area contributed by atoms with Crippen LogP contribution in [0.1, 0.15) is 25.3 Å². The molecule has 3 nitrogen and oxygen atoms in total. The van der Waals surface area contributed by atoms with Gasteiger partial charge in [-0.2, -0.15) is 0 Å². The lowest BCUT2D eigenvalue weighted by Gasteiger charge is -2.07. The molecule has 0 saturated heterocycles. The first-order valence-corrected chi connectivity index (χ1v) is 6.69. The third-order valence-corrected chi connectivity index (χ3v) is 3.47. The first-order valence-electron chi connectivity index (χ1n) is 6.32. The second-order valence-corrected chi connectivity index (χ2v) is 5.19. The van der Waals surface area contributed by atoms with E-state index in [2.05, 4.69) is 24.1 Å². The van der Waals surface area contributed by atoms with Gasteiger partial charge in [0.05, 0.1) is 17.3 Å². The smallest absolute Gasteiger partial charge is 0.227 e. The number of halogens is 1. The fourth-order valence-corrected chi connectivity index (χ4v) is 2.00. The molecule has 1 aliphatic rings. The maximum atomic E-state index is 11.9. The molecule has 1 saturated carbocycles. The number of carbonyl (C=O) groups is 1. The second kappa shape index (κ2) is 6.10. The predicted octanol–water partition coefficient (Wildman–Crippen LogP) is 2.67. The molecule has 0 heterocycles. The van der Waals surface area contributed by atoms with Crippen LogP contribution in [-0.4, -0.2) is 17.6 Å². The maximum Gasteiger partial charge on any atom is 0.227 e. The van der Waals surface area contributed by atoms with Gasteiger partial charge < -0.3 is 10.4 Å². The van der Waals surface area contributed by atoms with Crippen LogP contribution >= 0.6 is 11.6 Å². The minimum Gasteiger partial charge on any atom is -0.395 e. The van der Waals surface area contributed by atoms with Crippen LogP contribution in [-0.2, 0) is 4.79 Å². The summed E-state index contributed by atoms with van der Waals surface area (Å²) in [7, 11) is 0. The number of benzene rings is 1. The molecule has 1 aromatic carbocycles. The predicted molar refractivity (Wildman–Crippen MR) is 75.9 cm³/mol. The van der Waals surface area contributed by atoms with E-state index in [0.717, 1.165) is 12.0 Å². The van der Waals surface area contributed by atoms with Gasteiger partial charge in [0.15, 0.2) is 0 Å². The zero-order valence-corrected chi connectivity index (χ0v) is 11.5. The first-order chi connectivity index (χ1) is 9.11. The number of hydrogen-bond donors (Lipinski definition) is 2. The Labute approximate surface area is 118 Å². The number of amides is 1. The SMILES string of the molecule is CC1CC1C(=O)Nc1cc(C#CCCO)ccc1Cl. The number of nitrogens with one attached hydrogen (secondary N) is 1. The Morgan fingerprint density at radius 1 is 1.58 bits per heavy atom. The first kappa shape index (κ1) is 13.9. The molecule has 0 aromatic heterocycles. The normalized spacial score (nSPS) is 20.4. The highest BCUT2D eigenvalue weighted by molar-refractivity contribution is 6.33. The van der Waals surface area contributed by atoms with Gasteiger partial charge in [0.25, 0.3) is 0 Å². The molecule has 1 aromatic rings. The average molecular weight is 278 g/mol. The number of aliphatic hydroxyl groups is 1. The molecule has 2 unspecified atom stereocenters. The van der Waals surface area contributed by atoms with Gasteiger partial charge in [-0.3, -0.25) is 4.79 Å². The van der Waals surface area contributed by atoms with Gasteiger partial charge in [0, 0.05) is 17.9 Å². The molecule has 0 spiro atoms. The number of aliphatic hydroxyl groups excluding tert-OH is 1. The molecule has 0 bridgehead atoms. The summed E-state index contributed by atoms with van der Waals surface area (Å²) < 4.78 is 0. The highest BCUT2D eigenvalue weighted by atomic mass is 35.5. The second-order valence-electron chi connectivity index (χ2n) is 4.78. The number of rotatable bonds is 3. The molecule has 1 fully saturated rings. The Bertz CT molecular complexity index is 545. The Balaban J connectivity index is 2.09. The average Bonchev–Trinajstić information content (AvgIpc) is 3.11. The van der Waals surface area contributed by atoms with Crippen LogP contribution in [0.25, 0.3) is 0 Å².